The average molecular weight is 302 g/mol. The van der Waals surface area contributed by atoms with Crippen LogP contribution in [-0.4, -0.2) is 10.9 Å². The maximum absolute atomic E-state index is 13.4. The second kappa shape index (κ2) is 6.93. The fourth-order valence-electron chi connectivity index (χ4n) is 2.08. The first kappa shape index (κ1) is 15.8. The highest BCUT2D eigenvalue weighted by molar-refractivity contribution is 5.79. The molecule has 0 bridgehead atoms. The number of hydrogen-bond donors (Lipinski definition) is 1. The molecule has 3 nitrogen and oxygen atoms in total. The third-order valence-electron chi connectivity index (χ3n) is 3.16. The first-order valence-electron chi connectivity index (χ1n) is 6.76. The van der Waals surface area contributed by atoms with Crippen LogP contribution >= 0.6 is 0 Å². The molecule has 2 aromatic rings. The van der Waals surface area contributed by atoms with Gasteiger partial charge in [0.25, 0.3) is 0 Å². The minimum Gasteiger partial charge on any atom is -0.345 e. The molecule has 114 valence electrons. The third-order valence-corrected chi connectivity index (χ3v) is 3.16. The van der Waals surface area contributed by atoms with Crippen LogP contribution < -0.4 is 5.32 Å². The monoisotopic (exact) mass is 302 g/mol. The van der Waals surface area contributed by atoms with Gasteiger partial charge in [-0.25, -0.2) is 8.78 Å². The zero-order valence-electron chi connectivity index (χ0n) is 12.1. The summed E-state index contributed by atoms with van der Waals surface area (Å²) in [4.78, 5) is 16.0. The molecule has 0 radical (unpaired) electrons. The molecular weight excluding hydrogens is 286 g/mol. The Bertz CT molecular complexity index is 686. The van der Waals surface area contributed by atoms with E-state index in [-0.39, 0.29) is 12.3 Å². The van der Waals surface area contributed by atoms with Crippen molar-refractivity contribution in [1.82, 2.24) is 10.3 Å². The molecule has 1 heterocycles. The van der Waals surface area contributed by atoms with Gasteiger partial charge in [0.1, 0.15) is 0 Å². The maximum atomic E-state index is 13.4. The summed E-state index contributed by atoms with van der Waals surface area (Å²) in [5.41, 5.74) is 1.85. The second-order valence-electron chi connectivity index (χ2n) is 5.06. The molecule has 0 spiro atoms. The Hall–Kier alpha value is -2.56. The van der Waals surface area contributed by atoms with Crippen molar-refractivity contribution in [2.24, 2.45) is 0 Å². The lowest BCUT2D eigenvalue weighted by molar-refractivity contribution is -0.121. The summed E-state index contributed by atoms with van der Waals surface area (Å²) in [6.45, 7) is 5.52. The topological polar surface area (TPSA) is 42.0 Å². The molecule has 0 aliphatic heterocycles. The molecule has 0 saturated heterocycles. The maximum Gasteiger partial charge on any atom is 0.225 e. The van der Waals surface area contributed by atoms with E-state index in [1.54, 1.807) is 31.5 Å². The Morgan fingerprint density at radius 1 is 1.32 bits per heavy atom. The molecule has 0 fully saturated rings. The summed E-state index contributed by atoms with van der Waals surface area (Å²) >= 11 is 0. The first-order chi connectivity index (χ1) is 10.5. The van der Waals surface area contributed by atoms with E-state index in [1.165, 1.54) is 6.07 Å². The summed E-state index contributed by atoms with van der Waals surface area (Å²) in [5, 5.41) is 2.77. The number of amides is 1. The first-order valence-corrected chi connectivity index (χ1v) is 6.76. The Morgan fingerprint density at radius 3 is 2.68 bits per heavy atom. The molecule has 1 aromatic heterocycles. The van der Waals surface area contributed by atoms with Gasteiger partial charge >= 0.3 is 0 Å². The zero-order valence-corrected chi connectivity index (χ0v) is 12.1. The van der Waals surface area contributed by atoms with Crippen molar-refractivity contribution in [2.45, 2.75) is 19.4 Å². The lowest BCUT2D eigenvalue weighted by atomic mass is 10.00. The summed E-state index contributed by atoms with van der Waals surface area (Å²) in [6.07, 6.45) is 3.38. The number of hydrogen-bond acceptors (Lipinski definition) is 2. The van der Waals surface area contributed by atoms with Gasteiger partial charge in [0, 0.05) is 12.4 Å². The summed E-state index contributed by atoms with van der Waals surface area (Å²) in [6, 6.07) is 6.50. The number of pyridine rings is 1. The average Bonchev–Trinajstić information content (AvgIpc) is 2.48. The normalized spacial score (nSPS) is 11.8. The van der Waals surface area contributed by atoms with Crippen molar-refractivity contribution < 1.29 is 13.6 Å². The minimum absolute atomic E-state index is 0.154. The van der Waals surface area contributed by atoms with Gasteiger partial charge in [-0.05, 0) is 36.2 Å². The number of halogens is 2. The van der Waals surface area contributed by atoms with Crippen LogP contribution in [-0.2, 0) is 11.2 Å². The quantitative estimate of drug-likeness (QED) is 0.861. The largest absolute Gasteiger partial charge is 0.345 e. The van der Waals surface area contributed by atoms with Crippen molar-refractivity contribution >= 4 is 5.91 Å². The molecule has 0 saturated carbocycles. The van der Waals surface area contributed by atoms with E-state index in [9.17, 15) is 13.6 Å². The van der Waals surface area contributed by atoms with Crippen LogP contribution in [0.25, 0.3) is 0 Å². The number of benzene rings is 1. The highest BCUT2D eigenvalue weighted by atomic mass is 19.2. The predicted octanol–water partition coefficient (Wildman–Crippen LogP) is 3.34. The molecule has 1 aromatic carbocycles. The zero-order chi connectivity index (χ0) is 16.1. The van der Waals surface area contributed by atoms with Crippen LogP contribution in [0.5, 0.6) is 0 Å². The van der Waals surface area contributed by atoms with E-state index >= 15 is 0 Å². The highest BCUT2D eigenvalue weighted by Crippen LogP contribution is 2.22. The number of nitrogens with zero attached hydrogens (tertiary/aromatic N) is 1. The van der Waals surface area contributed by atoms with Crippen LogP contribution in [0.15, 0.2) is 54.9 Å². The fourth-order valence-corrected chi connectivity index (χ4v) is 2.08. The predicted molar refractivity (Wildman–Crippen MR) is 80.0 cm³/mol. The fraction of sp³-hybridized carbons (Fsp3) is 0.176. The molecule has 0 unspecified atom stereocenters. The van der Waals surface area contributed by atoms with Crippen molar-refractivity contribution in [2.75, 3.05) is 0 Å². The van der Waals surface area contributed by atoms with Crippen molar-refractivity contribution in [3.8, 4) is 0 Å². The van der Waals surface area contributed by atoms with Gasteiger partial charge in [-0.15, -0.1) is 0 Å². The number of carbonyl (C=O) groups excluding carboxylic acids is 1. The van der Waals surface area contributed by atoms with E-state index < -0.39 is 17.7 Å². The molecule has 0 aliphatic rings. The number of aromatic nitrogens is 1. The lowest BCUT2D eigenvalue weighted by Crippen LogP contribution is -2.30. The van der Waals surface area contributed by atoms with Gasteiger partial charge in [0.05, 0.1) is 12.5 Å². The molecule has 0 aliphatic carbocycles. The van der Waals surface area contributed by atoms with E-state index in [4.69, 9.17) is 0 Å². The molecule has 1 atom stereocenters. The van der Waals surface area contributed by atoms with Gasteiger partial charge in [-0.3, -0.25) is 9.78 Å². The van der Waals surface area contributed by atoms with E-state index in [0.717, 1.165) is 17.7 Å². The highest BCUT2D eigenvalue weighted by Gasteiger charge is 2.17. The van der Waals surface area contributed by atoms with E-state index in [0.29, 0.717) is 11.1 Å². The van der Waals surface area contributed by atoms with Gasteiger partial charge in [0.15, 0.2) is 11.6 Å². The SMILES string of the molecule is C=C(C)[C@@H](NC(=O)Cc1cccnc1)c1ccc(F)c(F)c1. The molecule has 2 rings (SSSR count). The van der Waals surface area contributed by atoms with Gasteiger partial charge in [0.2, 0.25) is 5.91 Å². The second-order valence-corrected chi connectivity index (χ2v) is 5.06. The van der Waals surface area contributed by atoms with Crippen molar-refractivity contribution in [3.63, 3.8) is 0 Å². The Kier molecular flexibility index (Phi) is 4.99. The smallest absolute Gasteiger partial charge is 0.225 e. The van der Waals surface area contributed by atoms with Gasteiger partial charge in [-0.2, -0.15) is 0 Å². The van der Waals surface area contributed by atoms with E-state index in [1.807, 2.05) is 0 Å². The van der Waals surface area contributed by atoms with Gasteiger partial charge in [-0.1, -0.05) is 24.3 Å². The minimum atomic E-state index is -0.953. The third kappa shape index (κ3) is 3.97. The van der Waals surface area contributed by atoms with Crippen LogP contribution in [0.1, 0.15) is 24.1 Å². The Morgan fingerprint density at radius 2 is 2.09 bits per heavy atom. The molecular formula is C17H16F2N2O. The summed E-state index contributed by atoms with van der Waals surface area (Å²) < 4.78 is 26.4. The van der Waals surface area contributed by atoms with Crippen molar-refractivity contribution in [1.29, 1.82) is 0 Å². The number of nitrogens with one attached hydrogen (secondary N) is 1. The van der Waals surface area contributed by atoms with Gasteiger partial charge < -0.3 is 5.32 Å². The van der Waals surface area contributed by atoms with E-state index in [2.05, 4.69) is 16.9 Å². The molecule has 22 heavy (non-hydrogen) atoms. The van der Waals surface area contributed by atoms with Crippen molar-refractivity contribution in [3.05, 3.63) is 77.6 Å². The number of carbonyl (C=O) groups is 1. The summed E-state index contributed by atoms with van der Waals surface area (Å²) in [5.74, 6) is -2.12. The molecule has 1 amide bonds. The summed E-state index contributed by atoms with van der Waals surface area (Å²) in [7, 11) is 0. The standard InChI is InChI=1S/C17H16F2N2O/c1-11(2)17(13-5-6-14(18)15(19)9-13)21-16(22)8-12-4-3-7-20-10-12/h3-7,9-10,17H,1,8H2,2H3,(H,21,22)/t17-/m1/s1. The molecule has 1 N–H and O–H groups in total. The lowest BCUT2D eigenvalue weighted by Gasteiger charge is -2.19. The number of rotatable bonds is 5. The van der Waals surface area contributed by atoms with Crippen LogP contribution in [0, 0.1) is 11.6 Å². The molecule has 5 heteroatoms. The Labute approximate surface area is 127 Å². The van der Waals surface area contributed by atoms with Crippen LogP contribution in [0.3, 0.4) is 0 Å². The van der Waals surface area contributed by atoms with Crippen LogP contribution in [0.4, 0.5) is 8.78 Å². The van der Waals surface area contributed by atoms with Crippen LogP contribution in [0.2, 0.25) is 0 Å². The Balaban J connectivity index is 2.13.